The normalized spacial score (nSPS) is 16.8. The van der Waals surface area contributed by atoms with Gasteiger partial charge in [0.1, 0.15) is 0 Å². The smallest absolute Gasteiger partial charge is 0.332 e. The first kappa shape index (κ1) is 17.7. The minimum absolute atomic E-state index is 0.0614. The second kappa shape index (κ2) is 9.59. The summed E-state index contributed by atoms with van der Waals surface area (Å²) < 4.78 is 0. The van der Waals surface area contributed by atoms with Gasteiger partial charge in [-0.05, 0) is 31.6 Å². The highest BCUT2D eigenvalue weighted by molar-refractivity contribution is 5.99. The lowest BCUT2D eigenvalue weighted by molar-refractivity contribution is -0.136. The van der Waals surface area contributed by atoms with Crippen molar-refractivity contribution in [2.75, 3.05) is 0 Å². The predicted molar refractivity (Wildman–Crippen MR) is 82.2 cm³/mol. The van der Waals surface area contributed by atoms with Gasteiger partial charge in [0.15, 0.2) is 0 Å². The number of aliphatic carboxylic acids is 2. The molecule has 21 heavy (non-hydrogen) atoms. The van der Waals surface area contributed by atoms with Gasteiger partial charge in [0.2, 0.25) is 0 Å². The van der Waals surface area contributed by atoms with Crippen molar-refractivity contribution in [2.24, 2.45) is 5.92 Å². The van der Waals surface area contributed by atoms with Crippen LogP contribution in [-0.2, 0) is 9.59 Å². The molecular weight excluding hydrogens is 268 g/mol. The van der Waals surface area contributed by atoms with Crippen molar-refractivity contribution in [1.29, 1.82) is 0 Å². The number of hydrogen-bond acceptors (Lipinski definition) is 2. The fraction of sp³-hybridized carbons (Fsp3) is 0.765. The highest BCUT2D eigenvalue weighted by Crippen LogP contribution is 2.34. The summed E-state index contributed by atoms with van der Waals surface area (Å²) >= 11 is 0. The van der Waals surface area contributed by atoms with Gasteiger partial charge in [-0.15, -0.1) is 0 Å². The molecule has 1 aliphatic rings. The van der Waals surface area contributed by atoms with E-state index in [1.165, 1.54) is 19.3 Å². The van der Waals surface area contributed by atoms with Gasteiger partial charge in [-0.1, -0.05) is 51.9 Å². The molecule has 1 aliphatic carbocycles. The highest BCUT2D eigenvalue weighted by atomic mass is 16.4. The van der Waals surface area contributed by atoms with E-state index < -0.39 is 11.9 Å². The van der Waals surface area contributed by atoms with E-state index in [-0.39, 0.29) is 17.1 Å². The maximum absolute atomic E-state index is 11.5. The molecule has 0 aliphatic heterocycles. The molecule has 1 rings (SSSR count). The van der Waals surface area contributed by atoms with Gasteiger partial charge >= 0.3 is 11.9 Å². The first-order valence-corrected chi connectivity index (χ1v) is 8.27. The van der Waals surface area contributed by atoms with Crippen molar-refractivity contribution in [3.05, 3.63) is 11.1 Å². The predicted octanol–water partition coefficient (Wildman–Crippen LogP) is 4.39. The van der Waals surface area contributed by atoms with E-state index in [9.17, 15) is 19.8 Å². The molecule has 0 amide bonds. The molecule has 0 saturated heterocycles. The van der Waals surface area contributed by atoms with Gasteiger partial charge in [0, 0.05) is 5.57 Å². The van der Waals surface area contributed by atoms with Crippen LogP contribution in [0.5, 0.6) is 0 Å². The molecule has 0 aromatic rings. The highest BCUT2D eigenvalue weighted by Gasteiger charge is 2.29. The molecule has 0 spiro atoms. The van der Waals surface area contributed by atoms with Gasteiger partial charge in [0.25, 0.3) is 0 Å². The summed E-state index contributed by atoms with van der Waals surface area (Å²) in [6.45, 7) is 2.16. The Labute approximate surface area is 127 Å². The summed E-state index contributed by atoms with van der Waals surface area (Å²) in [7, 11) is 0. The lowest BCUT2D eigenvalue weighted by Crippen LogP contribution is -2.17. The van der Waals surface area contributed by atoms with Gasteiger partial charge in [-0.3, -0.25) is 0 Å². The molecule has 4 nitrogen and oxygen atoms in total. The Morgan fingerprint density at radius 2 is 1.48 bits per heavy atom. The van der Waals surface area contributed by atoms with Crippen LogP contribution >= 0.6 is 0 Å². The third-order valence-corrected chi connectivity index (χ3v) is 4.36. The maximum atomic E-state index is 11.5. The van der Waals surface area contributed by atoms with E-state index in [2.05, 4.69) is 6.92 Å². The molecule has 0 heterocycles. The number of carbonyl (C=O) groups is 2. The fourth-order valence-corrected chi connectivity index (χ4v) is 3.20. The summed E-state index contributed by atoms with van der Waals surface area (Å²) in [5.74, 6) is -2.15. The van der Waals surface area contributed by atoms with E-state index in [0.29, 0.717) is 6.42 Å². The molecule has 0 aromatic carbocycles. The van der Waals surface area contributed by atoms with E-state index >= 15 is 0 Å². The minimum atomic E-state index is -1.05. The Bertz CT molecular complexity index is 378. The Hall–Kier alpha value is -1.32. The van der Waals surface area contributed by atoms with Crippen LogP contribution in [0.15, 0.2) is 11.1 Å². The zero-order valence-electron chi connectivity index (χ0n) is 13.1. The number of hydrogen-bond donors (Lipinski definition) is 2. The quantitative estimate of drug-likeness (QED) is 0.463. The average Bonchev–Trinajstić information content (AvgIpc) is 2.94. The number of carboxylic acids is 2. The number of carboxylic acid groups (broad SMARTS) is 2. The average molecular weight is 296 g/mol. The molecule has 0 radical (unpaired) electrons. The fourth-order valence-electron chi connectivity index (χ4n) is 3.20. The van der Waals surface area contributed by atoms with Crippen LogP contribution in [0.2, 0.25) is 0 Å². The van der Waals surface area contributed by atoms with E-state index in [0.717, 1.165) is 44.9 Å². The zero-order valence-corrected chi connectivity index (χ0v) is 13.1. The summed E-state index contributed by atoms with van der Waals surface area (Å²) in [5.41, 5.74) is 0.318. The monoisotopic (exact) mass is 296 g/mol. The zero-order chi connectivity index (χ0) is 15.7. The van der Waals surface area contributed by atoms with Crippen molar-refractivity contribution in [2.45, 2.75) is 77.6 Å². The molecule has 1 saturated carbocycles. The standard InChI is InChI=1S/C17H28O4/c1-2-3-4-5-6-7-12-14(16(18)19)15(17(20)21)13-10-8-9-11-13/h13H,2-12H2,1H3,(H,18,19)(H,20,21). The van der Waals surface area contributed by atoms with Crippen LogP contribution in [0.3, 0.4) is 0 Å². The first-order valence-electron chi connectivity index (χ1n) is 8.27. The maximum Gasteiger partial charge on any atom is 0.332 e. The van der Waals surface area contributed by atoms with Crippen molar-refractivity contribution in [1.82, 2.24) is 0 Å². The Morgan fingerprint density at radius 1 is 0.905 bits per heavy atom. The second-order valence-electron chi connectivity index (χ2n) is 6.00. The molecule has 0 unspecified atom stereocenters. The molecule has 1 fully saturated rings. The molecular formula is C17H28O4. The van der Waals surface area contributed by atoms with Gasteiger partial charge in [-0.2, -0.15) is 0 Å². The largest absolute Gasteiger partial charge is 0.478 e. The summed E-state index contributed by atoms with van der Waals surface area (Å²) in [5, 5.41) is 18.8. The lowest BCUT2D eigenvalue weighted by atomic mass is 9.90. The van der Waals surface area contributed by atoms with Crippen LogP contribution in [0.25, 0.3) is 0 Å². The SMILES string of the molecule is CCCCCCCCC(C(=O)O)=C(C(=O)O)C1CCCC1. The Morgan fingerprint density at radius 3 is 2.00 bits per heavy atom. The lowest BCUT2D eigenvalue weighted by Gasteiger charge is -2.14. The van der Waals surface area contributed by atoms with Crippen molar-refractivity contribution in [3.8, 4) is 0 Å². The Balaban J connectivity index is 2.65. The van der Waals surface area contributed by atoms with Crippen molar-refractivity contribution < 1.29 is 19.8 Å². The van der Waals surface area contributed by atoms with Gasteiger partial charge < -0.3 is 10.2 Å². The van der Waals surface area contributed by atoms with E-state index in [4.69, 9.17) is 0 Å². The molecule has 120 valence electrons. The summed E-state index contributed by atoms with van der Waals surface area (Å²) in [6, 6.07) is 0. The number of rotatable bonds is 10. The van der Waals surface area contributed by atoms with E-state index in [1.54, 1.807) is 0 Å². The van der Waals surface area contributed by atoms with Crippen molar-refractivity contribution >= 4 is 11.9 Å². The molecule has 0 bridgehead atoms. The second-order valence-corrected chi connectivity index (χ2v) is 6.00. The summed E-state index contributed by atoms with van der Waals surface area (Å²) in [4.78, 5) is 22.9. The first-order chi connectivity index (χ1) is 10.1. The topological polar surface area (TPSA) is 74.6 Å². The molecule has 0 atom stereocenters. The van der Waals surface area contributed by atoms with E-state index in [1.807, 2.05) is 0 Å². The Kier molecular flexibility index (Phi) is 8.09. The van der Waals surface area contributed by atoms with Crippen LogP contribution in [-0.4, -0.2) is 22.2 Å². The van der Waals surface area contributed by atoms with Crippen LogP contribution in [0.4, 0.5) is 0 Å². The third kappa shape index (κ3) is 5.90. The van der Waals surface area contributed by atoms with Crippen LogP contribution in [0.1, 0.15) is 77.6 Å². The molecule has 0 aromatic heterocycles. The van der Waals surface area contributed by atoms with Crippen LogP contribution < -0.4 is 0 Å². The summed E-state index contributed by atoms with van der Waals surface area (Å²) in [6.07, 6.45) is 10.5. The van der Waals surface area contributed by atoms with Crippen molar-refractivity contribution in [3.63, 3.8) is 0 Å². The van der Waals surface area contributed by atoms with Crippen LogP contribution in [0, 0.1) is 5.92 Å². The van der Waals surface area contributed by atoms with Gasteiger partial charge in [0.05, 0.1) is 5.57 Å². The number of unbranched alkanes of at least 4 members (excludes halogenated alkanes) is 5. The third-order valence-electron chi connectivity index (χ3n) is 4.36. The molecule has 2 N–H and O–H groups in total. The minimum Gasteiger partial charge on any atom is -0.478 e. The molecule has 4 heteroatoms. The van der Waals surface area contributed by atoms with Gasteiger partial charge in [-0.25, -0.2) is 9.59 Å².